The third kappa shape index (κ3) is 4.02. The first-order chi connectivity index (χ1) is 13.5. The maximum Gasteiger partial charge on any atom is 0.255 e. The second-order valence-electron chi connectivity index (χ2n) is 8.21. The molecule has 6 nitrogen and oxygen atoms in total. The molecular weight excluding hydrogens is 352 g/mol. The van der Waals surface area contributed by atoms with E-state index in [4.69, 9.17) is 4.98 Å². The van der Waals surface area contributed by atoms with Crippen LogP contribution in [0, 0.1) is 6.92 Å². The van der Waals surface area contributed by atoms with E-state index in [1.807, 2.05) is 43.1 Å². The van der Waals surface area contributed by atoms with Crippen molar-refractivity contribution in [2.45, 2.75) is 45.1 Å². The number of piperidine rings is 1. The Balaban J connectivity index is 1.48. The van der Waals surface area contributed by atoms with Crippen LogP contribution >= 0.6 is 0 Å². The van der Waals surface area contributed by atoms with Gasteiger partial charge in [0.15, 0.2) is 0 Å². The van der Waals surface area contributed by atoms with E-state index in [9.17, 15) is 9.59 Å². The van der Waals surface area contributed by atoms with Crippen molar-refractivity contribution in [2.75, 3.05) is 26.7 Å². The fourth-order valence-corrected chi connectivity index (χ4v) is 4.19. The zero-order chi connectivity index (χ0) is 19.7. The number of amides is 1. The Hall–Kier alpha value is -2.47. The van der Waals surface area contributed by atoms with Crippen LogP contribution in [-0.2, 0) is 24.2 Å². The van der Waals surface area contributed by atoms with Crippen molar-refractivity contribution >= 4 is 5.91 Å². The Bertz CT molecular complexity index is 919. The van der Waals surface area contributed by atoms with Crippen LogP contribution in [0.15, 0.2) is 29.1 Å². The fraction of sp³-hybridized carbons (Fsp3) is 0.500. The summed E-state index contributed by atoms with van der Waals surface area (Å²) in [6.45, 7) is 5.04. The van der Waals surface area contributed by atoms with Crippen LogP contribution < -0.4 is 5.56 Å². The SMILES string of the molecule is Cc1ccc(CC(=O)N2CCC[C@H](c3nc4c(c(=O)[nH]3)CN(C)CC4)C2)cc1. The third-order valence-electron chi connectivity index (χ3n) is 5.91. The van der Waals surface area contributed by atoms with Gasteiger partial charge in [-0.25, -0.2) is 4.98 Å². The monoisotopic (exact) mass is 380 g/mol. The average molecular weight is 380 g/mol. The van der Waals surface area contributed by atoms with E-state index in [0.29, 0.717) is 19.5 Å². The number of carbonyl (C=O) groups is 1. The normalized spacial score (nSPS) is 20.1. The molecule has 1 aromatic carbocycles. The van der Waals surface area contributed by atoms with Crippen LogP contribution in [0.25, 0.3) is 0 Å². The van der Waals surface area contributed by atoms with Gasteiger partial charge in [-0.15, -0.1) is 0 Å². The van der Waals surface area contributed by atoms with Gasteiger partial charge in [0.25, 0.3) is 5.56 Å². The molecule has 1 N–H and O–H groups in total. The number of hydrogen-bond acceptors (Lipinski definition) is 4. The Morgan fingerprint density at radius 3 is 2.82 bits per heavy atom. The predicted molar refractivity (Wildman–Crippen MR) is 108 cm³/mol. The number of likely N-dealkylation sites (tertiary alicyclic amines) is 1. The molecule has 3 heterocycles. The van der Waals surface area contributed by atoms with E-state index in [-0.39, 0.29) is 17.4 Å². The first kappa shape index (κ1) is 18.9. The van der Waals surface area contributed by atoms with Crippen molar-refractivity contribution in [3.05, 3.63) is 62.8 Å². The van der Waals surface area contributed by atoms with Gasteiger partial charge in [0.2, 0.25) is 5.91 Å². The molecule has 1 fully saturated rings. The van der Waals surface area contributed by atoms with E-state index in [2.05, 4.69) is 9.88 Å². The zero-order valence-corrected chi connectivity index (χ0v) is 16.7. The maximum atomic E-state index is 12.8. The van der Waals surface area contributed by atoms with Crippen LogP contribution in [0.1, 0.15) is 47.0 Å². The molecule has 4 rings (SSSR count). The molecule has 1 atom stereocenters. The number of benzene rings is 1. The van der Waals surface area contributed by atoms with Crippen molar-refractivity contribution in [1.82, 2.24) is 19.8 Å². The van der Waals surface area contributed by atoms with Gasteiger partial charge in [-0.3, -0.25) is 9.59 Å². The maximum absolute atomic E-state index is 12.8. The Morgan fingerprint density at radius 2 is 2.04 bits per heavy atom. The largest absolute Gasteiger partial charge is 0.342 e. The highest BCUT2D eigenvalue weighted by Crippen LogP contribution is 2.25. The molecule has 1 aromatic heterocycles. The van der Waals surface area contributed by atoms with Gasteiger partial charge in [-0.2, -0.15) is 0 Å². The summed E-state index contributed by atoms with van der Waals surface area (Å²) in [5, 5.41) is 0. The Labute approximate surface area is 165 Å². The van der Waals surface area contributed by atoms with Crippen LogP contribution in [0.4, 0.5) is 0 Å². The number of aromatic nitrogens is 2. The van der Waals surface area contributed by atoms with Gasteiger partial charge in [-0.1, -0.05) is 29.8 Å². The Kier molecular flexibility index (Phi) is 5.31. The van der Waals surface area contributed by atoms with Crippen molar-refractivity contribution in [1.29, 1.82) is 0 Å². The highest BCUT2D eigenvalue weighted by molar-refractivity contribution is 5.79. The number of carbonyl (C=O) groups excluding carboxylic acids is 1. The summed E-state index contributed by atoms with van der Waals surface area (Å²) in [4.78, 5) is 37.2. The van der Waals surface area contributed by atoms with Gasteiger partial charge in [-0.05, 0) is 32.4 Å². The van der Waals surface area contributed by atoms with Crippen LogP contribution in [0.2, 0.25) is 0 Å². The lowest BCUT2D eigenvalue weighted by atomic mass is 9.95. The minimum Gasteiger partial charge on any atom is -0.342 e. The summed E-state index contributed by atoms with van der Waals surface area (Å²) < 4.78 is 0. The van der Waals surface area contributed by atoms with E-state index >= 15 is 0 Å². The topological polar surface area (TPSA) is 69.3 Å². The quantitative estimate of drug-likeness (QED) is 0.884. The second-order valence-corrected chi connectivity index (χ2v) is 8.21. The summed E-state index contributed by atoms with van der Waals surface area (Å²) in [5.41, 5.74) is 3.94. The molecule has 2 aliphatic heterocycles. The zero-order valence-electron chi connectivity index (χ0n) is 16.7. The van der Waals surface area contributed by atoms with Gasteiger partial charge >= 0.3 is 0 Å². The van der Waals surface area contributed by atoms with E-state index < -0.39 is 0 Å². The lowest BCUT2D eigenvalue weighted by Crippen LogP contribution is -2.41. The molecule has 0 aliphatic carbocycles. The number of rotatable bonds is 3. The summed E-state index contributed by atoms with van der Waals surface area (Å²) >= 11 is 0. The third-order valence-corrected chi connectivity index (χ3v) is 5.91. The molecule has 2 aliphatic rings. The summed E-state index contributed by atoms with van der Waals surface area (Å²) in [6, 6.07) is 8.13. The minimum atomic E-state index is -0.0188. The number of likely N-dealkylation sites (N-methyl/N-ethyl adjacent to an activating group) is 1. The molecule has 1 amide bonds. The van der Waals surface area contributed by atoms with Crippen molar-refractivity contribution in [2.24, 2.45) is 0 Å². The second kappa shape index (κ2) is 7.87. The number of H-pyrrole nitrogens is 1. The number of fused-ring (bicyclic) bond motifs is 1. The molecule has 6 heteroatoms. The first-order valence-electron chi connectivity index (χ1n) is 10.1. The molecule has 0 radical (unpaired) electrons. The fourth-order valence-electron chi connectivity index (χ4n) is 4.19. The molecule has 1 saturated heterocycles. The van der Waals surface area contributed by atoms with Gasteiger partial charge in [0.1, 0.15) is 5.82 Å². The van der Waals surface area contributed by atoms with Gasteiger partial charge in [0.05, 0.1) is 17.7 Å². The van der Waals surface area contributed by atoms with Crippen LogP contribution in [0.3, 0.4) is 0 Å². The lowest BCUT2D eigenvalue weighted by molar-refractivity contribution is -0.131. The number of aromatic amines is 1. The number of nitrogens with one attached hydrogen (secondary N) is 1. The van der Waals surface area contributed by atoms with Gasteiger partial charge < -0.3 is 14.8 Å². The summed E-state index contributed by atoms with van der Waals surface area (Å²) in [7, 11) is 2.02. The lowest BCUT2D eigenvalue weighted by Gasteiger charge is -2.33. The van der Waals surface area contributed by atoms with E-state index in [0.717, 1.165) is 55.0 Å². The average Bonchev–Trinajstić information content (AvgIpc) is 2.70. The molecule has 0 unspecified atom stereocenters. The molecule has 0 spiro atoms. The summed E-state index contributed by atoms with van der Waals surface area (Å²) in [5.74, 6) is 1.00. The molecule has 0 saturated carbocycles. The van der Waals surface area contributed by atoms with Gasteiger partial charge in [0, 0.05) is 38.5 Å². The molecule has 148 valence electrons. The van der Waals surface area contributed by atoms with Crippen LogP contribution in [-0.4, -0.2) is 52.4 Å². The van der Waals surface area contributed by atoms with E-state index in [1.165, 1.54) is 5.56 Å². The first-order valence-corrected chi connectivity index (χ1v) is 10.1. The molecule has 2 aromatic rings. The van der Waals surface area contributed by atoms with E-state index in [1.54, 1.807) is 0 Å². The molecular formula is C22H28N4O2. The number of aryl methyl sites for hydroxylation is 1. The highest BCUT2D eigenvalue weighted by atomic mass is 16.2. The molecule has 0 bridgehead atoms. The van der Waals surface area contributed by atoms with Crippen LogP contribution in [0.5, 0.6) is 0 Å². The smallest absolute Gasteiger partial charge is 0.255 e. The van der Waals surface area contributed by atoms with Crippen molar-refractivity contribution in [3.8, 4) is 0 Å². The number of nitrogens with zero attached hydrogens (tertiary/aromatic N) is 3. The Morgan fingerprint density at radius 1 is 1.25 bits per heavy atom. The minimum absolute atomic E-state index is 0.0188. The highest BCUT2D eigenvalue weighted by Gasteiger charge is 2.28. The standard InChI is InChI=1S/C22H28N4O2/c1-15-5-7-16(8-6-15)12-20(27)26-10-3-4-17(13-26)21-23-19-9-11-25(2)14-18(19)22(28)24-21/h5-8,17H,3-4,9-14H2,1-2H3,(H,23,24,28)/t17-/m0/s1. The summed E-state index contributed by atoms with van der Waals surface area (Å²) in [6.07, 6.45) is 3.13. The van der Waals surface area contributed by atoms with Crippen molar-refractivity contribution in [3.63, 3.8) is 0 Å². The van der Waals surface area contributed by atoms with Crippen molar-refractivity contribution < 1.29 is 4.79 Å². The number of hydrogen-bond donors (Lipinski definition) is 1. The molecule has 28 heavy (non-hydrogen) atoms. The predicted octanol–water partition coefficient (Wildman–Crippen LogP) is 2.01.